The summed E-state index contributed by atoms with van der Waals surface area (Å²) >= 11 is 3.34. The molecule has 1 unspecified atom stereocenters. The van der Waals surface area contributed by atoms with Gasteiger partial charge >= 0.3 is 0 Å². The third kappa shape index (κ3) is 3.07. The predicted octanol–water partition coefficient (Wildman–Crippen LogP) is 3.45. The van der Waals surface area contributed by atoms with Crippen molar-refractivity contribution in [2.45, 2.75) is 19.4 Å². The van der Waals surface area contributed by atoms with E-state index in [0.29, 0.717) is 10.9 Å². The van der Waals surface area contributed by atoms with E-state index in [4.69, 9.17) is 0 Å². The highest BCUT2D eigenvalue weighted by molar-refractivity contribution is 9.09. The Kier molecular flexibility index (Phi) is 4.43. The van der Waals surface area contributed by atoms with E-state index >= 15 is 0 Å². The minimum absolute atomic E-state index is 0.0432. The van der Waals surface area contributed by atoms with Crippen LogP contribution in [0.25, 0.3) is 10.8 Å². The van der Waals surface area contributed by atoms with E-state index in [0.717, 1.165) is 17.1 Å². The minimum atomic E-state index is -0.239. The fourth-order valence-electron chi connectivity index (χ4n) is 1.98. The maximum atomic E-state index is 12.1. The van der Waals surface area contributed by atoms with Crippen molar-refractivity contribution < 1.29 is 9.90 Å². The van der Waals surface area contributed by atoms with Gasteiger partial charge in [-0.3, -0.25) is 4.79 Å². The molecule has 3 nitrogen and oxygen atoms in total. The number of hydrogen-bond acceptors (Lipinski definition) is 2. The summed E-state index contributed by atoms with van der Waals surface area (Å²) in [6.07, 6.45) is 0.847. The van der Waals surface area contributed by atoms with Crippen LogP contribution in [0.5, 0.6) is 5.75 Å². The van der Waals surface area contributed by atoms with Gasteiger partial charge in [-0.1, -0.05) is 46.3 Å². The van der Waals surface area contributed by atoms with Gasteiger partial charge in [0.25, 0.3) is 5.91 Å². The average Bonchev–Trinajstić information content (AvgIpc) is 2.39. The van der Waals surface area contributed by atoms with E-state index < -0.39 is 0 Å². The fourth-order valence-corrected chi connectivity index (χ4v) is 2.66. The fraction of sp³-hybridized carbons (Fsp3) is 0.267. The first-order valence-corrected chi connectivity index (χ1v) is 7.33. The zero-order valence-electron chi connectivity index (χ0n) is 10.7. The standard InChI is InChI=1S/C15H16BrNO2/c1-10(8-9-16)17-15(19)13-7-6-11-4-2-3-5-12(11)14(13)18/h2-7,10,18H,8-9H2,1H3,(H,17,19). The largest absolute Gasteiger partial charge is 0.506 e. The molecule has 4 heteroatoms. The van der Waals surface area contributed by atoms with Crippen LogP contribution in [0.4, 0.5) is 0 Å². The molecule has 1 amide bonds. The molecular formula is C15H16BrNO2. The Labute approximate surface area is 120 Å². The Balaban J connectivity index is 2.30. The van der Waals surface area contributed by atoms with Crippen LogP contribution in [0, 0.1) is 0 Å². The highest BCUT2D eigenvalue weighted by Gasteiger charge is 2.15. The van der Waals surface area contributed by atoms with Crippen molar-refractivity contribution in [3.8, 4) is 5.75 Å². The molecule has 0 spiro atoms. The number of amides is 1. The molecule has 2 rings (SSSR count). The van der Waals surface area contributed by atoms with Crippen LogP contribution < -0.4 is 5.32 Å². The average molecular weight is 322 g/mol. The van der Waals surface area contributed by atoms with Crippen molar-refractivity contribution >= 4 is 32.6 Å². The Morgan fingerprint density at radius 2 is 2.05 bits per heavy atom. The SMILES string of the molecule is CC(CCBr)NC(=O)c1ccc2ccccc2c1O. The van der Waals surface area contributed by atoms with E-state index in [2.05, 4.69) is 21.2 Å². The number of carbonyl (C=O) groups excluding carboxylic acids is 1. The Morgan fingerprint density at radius 1 is 1.32 bits per heavy atom. The number of carbonyl (C=O) groups is 1. The maximum absolute atomic E-state index is 12.1. The van der Waals surface area contributed by atoms with Crippen molar-refractivity contribution in [2.75, 3.05) is 5.33 Å². The number of nitrogens with one attached hydrogen (secondary N) is 1. The molecule has 2 aromatic rings. The highest BCUT2D eigenvalue weighted by Crippen LogP contribution is 2.28. The summed E-state index contributed by atoms with van der Waals surface area (Å²) in [6, 6.07) is 11.0. The summed E-state index contributed by atoms with van der Waals surface area (Å²) in [4.78, 5) is 12.1. The molecule has 19 heavy (non-hydrogen) atoms. The lowest BCUT2D eigenvalue weighted by molar-refractivity contribution is 0.0937. The monoisotopic (exact) mass is 321 g/mol. The van der Waals surface area contributed by atoms with E-state index in [1.165, 1.54) is 0 Å². The number of phenols is 1. The molecule has 0 fully saturated rings. The summed E-state index contributed by atoms with van der Waals surface area (Å²) in [5.74, 6) is -0.196. The molecule has 0 radical (unpaired) electrons. The predicted molar refractivity (Wildman–Crippen MR) is 81.0 cm³/mol. The molecule has 0 aliphatic carbocycles. The summed E-state index contributed by atoms with van der Waals surface area (Å²) in [5, 5.41) is 15.5. The number of phenolic OH excluding ortho intramolecular Hbond substituents is 1. The summed E-state index contributed by atoms with van der Waals surface area (Å²) in [7, 11) is 0. The number of halogens is 1. The van der Waals surface area contributed by atoms with Crippen molar-refractivity contribution in [3.63, 3.8) is 0 Å². The smallest absolute Gasteiger partial charge is 0.255 e. The molecule has 100 valence electrons. The van der Waals surface area contributed by atoms with Gasteiger partial charge in [-0.2, -0.15) is 0 Å². The zero-order chi connectivity index (χ0) is 13.8. The van der Waals surface area contributed by atoms with E-state index in [1.807, 2.05) is 37.3 Å². The van der Waals surface area contributed by atoms with Crippen LogP contribution in [-0.2, 0) is 0 Å². The van der Waals surface area contributed by atoms with Gasteiger partial charge < -0.3 is 10.4 Å². The first-order valence-electron chi connectivity index (χ1n) is 6.21. The second-order valence-corrected chi connectivity index (χ2v) is 5.33. The van der Waals surface area contributed by atoms with Crippen LogP contribution in [0.1, 0.15) is 23.7 Å². The van der Waals surface area contributed by atoms with Crippen molar-refractivity contribution in [1.82, 2.24) is 5.32 Å². The first kappa shape index (κ1) is 13.9. The van der Waals surface area contributed by atoms with Crippen molar-refractivity contribution in [1.29, 1.82) is 0 Å². The molecule has 2 N–H and O–H groups in total. The van der Waals surface area contributed by atoms with E-state index in [-0.39, 0.29) is 17.7 Å². The third-order valence-electron chi connectivity index (χ3n) is 3.06. The molecule has 0 saturated heterocycles. The first-order chi connectivity index (χ1) is 9.13. The van der Waals surface area contributed by atoms with Crippen LogP contribution in [0.3, 0.4) is 0 Å². The van der Waals surface area contributed by atoms with Crippen LogP contribution in [0.2, 0.25) is 0 Å². The van der Waals surface area contributed by atoms with Crippen molar-refractivity contribution in [3.05, 3.63) is 42.0 Å². The maximum Gasteiger partial charge on any atom is 0.255 e. The Hall–Kier alpha value is -1.55. The lowest BCUT2D eigenvalue weighted by atomic mass is 10.0. The van der Waals surface area contributed by atoms with Gasteiger partial charge in [0, 0.05) is 16.8 Å². The van der Waals surface area contributed by atoms with Gasteiger partial charge in [0.05, 0.1) is 5.56 Å². The number of hydrogen-bond donors (Lipinski definition) is 2. The van der Waals surface area contributed by atoms with Gasteiger partial charge in [0.15, 0.2) is 0 Å². The molecular weight excluding hydrogens is 306 g/mol. The van der Waals surface area contributed by atoms with E-state index in [9.17, 15) is 9.90 Å². The van der Waals surface area contributed by atoms with Crippen LogP contribution in [0.15, 0.2) is 36.4 Å². The van der Waals surface area contributed by atoms with Gasteiger partial charge in [-0.15, -0.1) is 0 Å². The van der Waals surface area contributed by atoms with Crippen molar-refractivity contribution in [2.24, 2.45) is 0 Å². The number of fused-ring (bicyclic) bond motifs is 1. The third-order valence-corrected chi connectivity index (χ3v) is 3.52. The summed E-state index contributed by atoms with van der Waals surface area (Å²) < 4.78 is 0. The van der Waals surface area contributed by atoms with Gasteiger partial charge in [0.1, 0.15) is 5.75 Å². The molecule has 0 saturated carbocycles. The molecule has 0 aliphatic rings. The second-order valence-electron chi connectivity index (χ2n) is 4.54. The van der Waals surface area contributed by atoms with Gasteiger partial charge in [-0.25, -0.2) is 0 Å². The van der Waals surface area contributed by atoms with Gasteiger partial charge in [-0.05, 0) is 24.8 Å². The molecule has 1 atom stereocenters. The zero-order valence-corrected chi connectivity index (χ0v) is 12.3. The molecule has 0 aliphatic heterocycles. The molecule has 0 bridgehead atoms. The molecule has 2 aromatic carbocycles. The number of alkyl halides is 1. The lowest BCUT2D eigenvalue weighted by Gasteiger charge is -2.14. The summed E-state index contributed by atoms with van der Waals surface area (Å²) in [5.41, 5.74) is 0.320. The van der Waals surface area contributed by atoms with E-state index in [1.54, 1.807) is 6.07 Å². The Morgan fingerprint density at radius 3 is 2.79 bits per heavy atom. The number of rotatable bonds is 4. The number of aromatic hydroxyl groups is 1. The second kappa shape index (κ2) is 6.06. The van der Waals surface area contributed by atoms with Crippen LogP contribution >= 0.6 is 15.9 Å². The van der Waals surface area contributed by atoms with Gasteiger partial charge in [0.2, 0.25) is 0 Å². The normalized spacial score (nSPS) is 12.3. The summed E-state index contributed by atoms with van der Waals surface area (Å²) in [6.45, 7) is 1.94. The highest BCUT2D eigenvalue weighted by atomic mass is 79.9. The number of benzene rings is 2. The molecule has 0 heterocycles. The quantitative estimate of drug-likeness (QED) is 0.847. The Bertz CT molecular complexity index is 598. The lowest BCUT2D eigenvalue weighted by Crippen LogP contribution is -2.32. The topological polar surface area (TPSA) is 49.3 Å². The molecule has 0 aromatic heterocycles. The van der Waals surface area contributed by atoms with Crippen LogP contribution in [-0.4, -0.2) is 22.4 Å². The minimum Gasteiger partial charge on any atom is -0.506 e.